The van der Waals surface area contributed by atoms with E-state index in [-0.39, 0.29) is 18.9 Å². The van der Waals surface area contributed by atoms with E-state index in [9.17, 15) is 45.6 Å². The van der Waals surface area contributed by atoms with Crippen LogP contribution in [0.3, 0.4) is 0 Å². The molecule has 2 saturated heterocycles. The van der Waals surface area contributed by atoms with Gasteiger partial charge in [0.2, 0.25) is 5.91 Å². The van der Waals surface area contributed by atoms with E-state index in [4.69, 9.17) is 18.9 Å². The van der Waals surface area contributed by atoms with Crippen LogP contribution in [0.1, 0.15) is 187 Å². The van der Waals surface area contributed by atoms with Crippen molar-refractivity contribution in [1.82, 2.24) is 5.32 Å². The van der Waals surface area contributed by atoms with Gasteiger partial charge in [-0.2, -0.15) is 0 Å². The van der Waals surface area contributed by atoms with Crippen LogP contribution in [0.15, 0.2) is 146 Å². The van der Waals surface area contributed by atoms with Crippen molar-refractivity contribution in [3.63, 3.8) is 0 Å². The molecule has 0 spiro atoms. The summed E-state index contributed by atoms with van der Waals surface area (Å²) in [7, 11) is 0. The number of ether oxygens (including phenoxy) is 4. The minimum atomic E-state index is -1.80. The lowest BCUT2D eigenvalue weighted by molar-refractivity contribution is -0.359. The highest BCUT2D eigenvalue weighted by Crippen LogP contribution is 2.30. The molecule has 14 nitrogen and oxygen atoms in total. The van der Waals surface area contributed by atoms with Gasteiger partial charge in [-0.1, -0.05) is 211 Å². The van der Waals surface area contributed by atoms with Gasteiger partial charge < -0.3 is 65.1 Å². The van der Waals surface area contributed by atoms with Gasteiger partial charge in [0.05, 0.1) is 32.0 Å². The van der Waals surface area contributed by atoms with Crippen molar-refractivity contribution in [1.29, 1.82) is 0 Å². The fourth-order valence-electron chi connectivity index (χ4n) is 9.20. The van der Waals surface area contributed by atoms with E-state index in [1.54, 1.807) is 6.08 Å². The number of rotatable bonds is 48. The fraction of sp³-hybridized carbons (Fsp3) is 0.638. The Kier molecular flexibility index (Phi) is 47.2. The van der Waals surface area contributed by atoms with E-state index in [1.807, 2.05) is 6.08 Å². The number of carbonyl (C=O) groups excluding carboxylic acids is 1. The first-order valence-corrected chi connectivity index (χ1v) is 31.6. The zero-order chi connectivity index (χ0) is 60.2. The number of carbonyl (C=O) groups is 1. The lowest BCUT2D eigenvalue weighted by Crippen LogP contribution is -2.65. The molecule has 14 heteroatoms. The largest absolute Gasteiger partial charge is 0.394 e. The lowest BCUT2D eigenvalue weighted by Gasteiger charge is -2.46. The zero-order valence-electron chi connectivity index (χ0n) is 50.6. The summed E-state index contributed by atoms with van der Waals surface area (Å²) >= 11 is 0. The second-order valence-electron chi connectivity index (χ2n) is 21.4. The molecule has 9 N–H and O–H groups in total. The number of allylic oxidation sites excluding steroid dienone is 23. The van der Waals surface area contributed by atoms with Crippen molar-refractivity contribution >= 4 is 5.91 Å². The number of aliphatic hydroxyl groups is 8. The molecule has 2 heterocycles. The van der Waals surface area contributed by atoms with Crippen molar-refractivity contribution in [3.8, 4) is 0 Å². The summed E-state index contributed by atoms with van der Waals surface area (Å²) in [6.07, 6.45) is 61.7. The Balaban J connectivity index is 1.77. The number of amides is 1. The molecule has 0 bridgehead atoms. The zero-order valence-corrected chi connectivity index (χ0v) is 50.6. The highest BCUT2D eigenvalue weighted by molar-refractivity contribution is 5.76. The summed E-state index contributed by atoms with van der Waals surface area (Å²) in [4.78, 5) is 13.3. The number of hydrogen-bond donors (Lipinski definition) is 9. The first-order valence-electron chi connectivity index (χ1n) is 31.6. The van der Waals surface area contributed by atoms with Gasteiger partial charge >= 0.3 is 0 Å². The fourth-order valence-corrected chi connectivity index (χ4v) is 9.20. The molecule has 2 fully saturated rings. The molecule has 2 rings (SSSR count). The molecule has 2 aliphatic heterocycles. The minimum absolute atomic E-state index is 0.219. The van der Waals surface area contributed by atoms with E-state index < -0.39 is 86.8 Å². The molecule has 0 aromatic heterocycles. The third kappa shape index (κ3) is 37.1. The Labute approximate surface area is 500 Å². The van der Waals surface area contributed by atoms with E-state index >= 15 is 0 Å². The van der Waals surface area contributed by atoms with Crippen molar-refractivity contribution < 1.29 is 64.6 Å². The van der Waals surface area contributed by atoms with Crippen LogP contribution in [0.2, 0.25) is 0 Å². The van der Waals surface area contributed by atoms with Crippen molar-refractivity contribution in [2.45, 2.75) is 261 Å². The Morgan fingerprint density at radius 3 is 1.33 bits per heavy atom. The summed E-state index contributed by atoms with van der Waals surface area (Å²) in [5, 5.41) is 87.1. The molecular weight excluding hydrogens is 1050 g/mol. The second kappa shape index (κ2) is 52.2. The second-order valence-corrected chi connectivity index (χ2v) is 21.4. The Hall–Kier alpha value is -4.13. The van der Waals surface area contributed by atoms with Crippen LogP contribution >= 0.6 is 0 Å². The predicted molar refractivity (Wildman–Crippen MR) is 336 cm³/mol. The molecule has 12 unspecified atom stereocenters. The third-order valence-corrected chi connectivity index (χ3v) is 14.2. The number of nitrogens with one attached hydrogen (secondary N) is 1. The SMILES string of the molecule is CC/C=C\C/C=C\C/C=C\C/C=C\C/C=C\C/C=C\C/C=C\C/C=C\C/C=C\CCCCCC(=O)NC(COC1OC(CO)C(OC2OC(CO)C(O)C(O)C2O)C(O)C1O)C(O)/C=C/CC/C=C/CC/C=C/CCCCCCCCCC. The van der Waals surface area contributed by atoms with Crippen LogP contribution in [0.5, 0.6) is 0 Å². The number of unbranched alkanes of at least 4 members (excludes halogenated alkanes) is 13. The molecule has 470 valence electrons. The van der Waals surface area contributed by atoms with E-state index in [1.165, 1.54) is 51.4 Å². The smallest absolute Gasteiger partial charge is 0.220 e. The van der Waals surface area contributed by atoms with Crippen LogP contribution in [0.25, 0.3) is 0 Å². The summed E-state index contributed by atoms with van der Waals surface area (Å²) in [6, 6.07) is -0.968. The number of aliphatic hydroxyl groups excluding tert-OH is 8. The topological polar surface area (TPSA) is 228 Å². The first kappa shape index (κ1) is 75.0. The van der Waals surface area contributed by atoms with E-state index in [2.05, 4.69) is 153 Å². The Morgan fingerprint density at radius 2 is 0.843 bits per heavy atom. The maximum atomic E-state index is 13.3. The average molecular weight is 1160 g/mol. The van der Waals surface area contributed by atoms with Gasteiger partial charge in [0, 0.05) is 6.42 Å². The van der Waals surface area contributed by atoms with Gasteiger partial charge in [-0.05, 0) is 116 Å². The Morgan fingerprint density at radius 1 is 0.446 bits per heavy atom. The van der Waals surface area contributed by atoms with Gasteiger partial charge in [0.15, 0.2) is 12.6 Å². The minimum Gasteiger partial charge on any atom is -0.394 e. The molecule has 0 saturated carbocycles. The molecule has 0 aromatic rings. The van der Waals surface area contributed by atoms with E-state index in [0.29, 0.717) is 12.8 Å². The average Bonchev–Trinajstić information content (AvgIpc) is 3.64. The molecule has 0 aromatic carbocycles. The third-order valence-electron chi connectivity index (χ3n) is 14.2. The summed E-state index contributed by atoms with van der Waals surface area (Å²) in [5.41, 5.74) is 0. The van der Waals surface area contributed by atoms with Crippen molar-refractivity contribution in [2.75, 3.05) is 19.8 Å². The molecule has 1 amide bonds. The van der Waals surface area contributed by atoms with Gasteiger partial charge in [0.1, 0.15) is 48.8 Å². The van der Waals surface area contributed by atoms with Crippen LogP contribution in [0.4, 0.5) is 0 Å². The maximum Gasteiger partial charge on any atom is 0.220 e. The van der Waals surface area contributed by atoms with Gasteiger partial charge in [-0.3, -0.25) is 4.79 Å². The molecule has 83 heavy (non-hydrogen) atoms. The highest BCUT2D eigenvalue weighted by Gasteiger charge is 2.51. The van der Waals surface area contributed by atoms with Crippen LogP contribution in [-0.4, -0.2) is 140 Å². The van der Waals surface area contributed by atoms with Gasteiger partial charge in [-0.25, -0.2) is 0 Å². The molecular formula is C69H111NO13. The van der Waals surface area contributed by atoms with Gasteiger partial charge in [-0.15, -0.1) is 0 Å². The summed E-state index contributed by atoms with van der Waals surface area (Å²) in [6.45, 7) is 2.61. The van der Waals surface area contributed by atoms with E-state index in [0.717, 1.165) is 103 Å². The predicted octanol–water partition coefficient (Wildman–Crippen LogP) is 11.7. The molecule has 12 atom stereocenters. The first-order chi connectivity index (χ1) is 40.6. The van der Waals surface area contributed by atoms with Crippen LogP contribution in [-0.2, 0) is 23.7 Å². The highest BCUT2D eigenvalue weighted by atomic mass is 16.7. The standard InChI is InChI=1S/C69H111NO13/c1-3-5-7-9-11-13-15-17-19-21-23-24-25-26-27-28-29-30-31-32-33-34-35-37-39-41-43-45-47-49-51-53-61(74)70-57(58(73)52-50-48-46-44-42-40-38-36-22-20-18-16-14-12-10-8-6-4-2)56-80-68-66(79)64(77)67(60(55-72)82-68)83-69-65(78)63(76)62(75)59(54-71)81-69/h5,7,11,13,17,19,22-24,26-27,29-30,32-33,35-37,41-44,50,52,57-60,62-69,71-73,75-79H,3-4,6,8-10,12,14-16,18,20-21,25,28,31,34,38-40,45-49,51,53-56H2,1-2H3,(H,70,74)/b7-5-,13-11-,19-17-,24-23-,27-26-,30-29-,33-32-,36-22+,37-35-,43-41-,44-42+,52-50+. The normalized spacial score (nSPS) is 24.8. The quantitative estimate of drug-likeness (QED) is 0.0204. The number of hydrogen-bond acceptors (Lipinski definition) is 13. The molecule has 0 radical (unpaired) electrons. The van der Waals surface area contributed by atoms with Crippen LogP contribution < -0.4 is 5.32 Å². The lowest BCUT2D eigenvalue weighted by atomic mass is 9.97. The maximum absolute atomic E-state index is 13.3. The molecule has 2 aliphatic rings. The summed E-state index contributed by atoms with van der Waals surface area (Å²) in [5.74, 6) is -0.292. The monoisotopic (exact) mass is 1160 g/mol. The summed E-state index contributed by atoms with van der Waals surface area (Å²) < 4.78 is 22.7. The molecule has 0 aliphatic carbocycles. The van der Waals surface area contributed by atoms with Crippen molar-refractivity contribution in [3.05, 3.63) is 146 Å². The van der Waals surface area contributed by atoms with Crippen molar-refractivity contribution in [2.24, 2.45) is 0 Å². The Bertz CT molecular complexity index is 1950. The van der Waals surface area contributed by atoms with Crippen LogP contribution in [0, 0.1) is 0 Å². The van der Waals surface area contributed by atoms with Gasteiger partial charge in [0.25, 0.3) is 0 Å².